The molecule has 0 amide bonds. The molecular weight excluding hydrogens is 720 g/mol. The van der Waals surface area contributed by atoms with Crippen molar-refractivity contribution in [1.82, 2.24) is 0 Å². The average Bonchev–Trinajstić information content (AvgIpc) is 3.12. The molecule has 5 rings (SSSR count). The summed E-state index contributed by atoms with van der Waals surface area (Å²) < 4.78 is 49.6. The zero-order chi connectivity index (χ0) is 40.9. The molecule has 5 aliphatic rings. The van der Waals surface area contributed by atoms with E-state index in [0.717, 1.165) is 0 Å². The molecular formula is C40H70O15. The normalized spacial score (nSPS) is 51.3. The third-order valence-corrected chi connectivity index (χ3v) is 13.6. The van der Waals surface area contributed by atoms with Crippen molar-refractivity contribution in [1.29, 1.82) is 0 Å². The van der Waals surface area contributed by atoms with Crippen LogP contribution in [0.5, 0.6) is 0 Å². The predicted octanol–water partition coefficient (Wildman–Crippen LogP) is 2.37. The molecule has 5 aliphatic heterocycles. The highest BCUT2D eigenvalue weighted by Crippen LogP contribution is 2.52. The van der Waals surface area contributed by atoms with E-state index in [-0.39, 0.29) is 30.8 Å². The third kappa shape index (κ3) is 9.09. The Kier molecular flexibility index (Phi) is 14.5. The van der Waals surface area contributed by atoms with Crippen molar-refractivity contribution in [3.05, 3.63) is 0 Å². The van der Waals surface area contributed by atoms with Crippen LogP contribution >= 0.6 is 0 Å². The second-order valence-electron chi connectivity index (χ2n) is 17.7. The molecule has 23 atom stereocenters. The van der Waals surface area contributed by atoms with Gasteiger partial charge in [0.15, 0.2) is 18.4 Å². The number of carbonyl (C=O) groups excluding carboxylic acids is 1. The van der Waals surface area contributed by atoms with Crippen molar-refractivity contribution in [2.45, 2.75) is 212 Å². The van der Waals surface area contributed by atoms with Crippen molar-refractivity contribution >= 4 is 5.97 Å². The lowest BCUT2D eigenvalue weighted by atomic mass is 9.68. The van der Waals surface area contributed by atoms with Crippen LogP contribution in [0, 0.1) is 35.5 Å². The van der Waals surface area contributed by atoms with Crippen LogP contribution in [0.3, 0.4) is 0 Å². The summed E-state index contributed by atoms with van der Waals surface area (Å²) in [5.41, 5.74) is -1.34. The number of aliphatic hydroxyl groups is 6. The van der Waals surface area contributed by atoms with E-state index in [9.17, 15) is 35.4 Å². The predicted molar refractivity (Wildman–Crippen MR) is 196 cm³/mol. The summed E-state index contributed by atoms with van der Waals surface area (Å²) in [5, 5.41) is 65.7. The van der Waals surface area contributed by atoms with Crippen LogP contribution in [0.15, 0.2) is 0 Å². The zero-order valence-electron chi connectivity index (χ0n) is 34.5. The number of hydrogen-bond donors (Lipinski definition) is 6. The first-order chi connectivity index (χ1) is 25.6. The fraction of sp³-hybridized carbons (Fsp3) is 0.975. The van der Waals surface area contributed by atoms with Crippen molar-refractivity contribution < 1.29 is 73.3 Å². The molecule has 0 radical (unpaired) electrons. The minimum Gasteiger partial charge on any atom is -0.435 e. The first kappa shape index (κ1) is 45.0. The molecule has 5 saturated heterocycles. The quantitative estimate of drug-likeness (QED) is 0.176. The van der Waals surface area contributed by atoms with Crippen molar-refractivity contribution in [2.24, 2.45) is 35.5 Å². The Morgan fingerprint density at radius 3 is 1.91 bits per heavy atom. The number of carbonyl (C=O) groups is 1. The smallest absolute Gasteiger partial charge is 0.313 e. The molecule has 55 heavy (non-hydrogen) atoms. The monoisotopic (exact) mass is 790 g/mol. The molecule has 15 nitrogen and oxygen atoms in total. The molecule has 0 aromatic heterocycles. The molecule has 5 fully saturated rings. The summed E-state index contributed by atoms with van der Waals surface area (Å²) in [7, 11) is 0. The van der Waals surface area contributed by atoms with Crippen LogP contribution in [0.25, 0.3) is 0 Å². The Balaban J connectivity index is 1.17. The second-order valence-corrected chi connectivity index (χ2v) is 17.7. The third-order valence-electron chi connectivity index (χ3n) is 13.6. The van der Waals surface area contributed by atoms with E-state index in [1.54, 1.807) is 27.7 Å². The van der Waals surface area contributed by atoms with Gasteiger partial charge in [-0.05, 0) is 47.5 Å². The number of hydrogen-bond acceptors (Lipinski definition) is 15. The van der Waals surface area contributed by atoms with Crippen LogP contribution in [-0.4, -0.2) is 140 Å². The van der Waals surface area contributed by atoms with Gasteiger partial charge in [0.05, 0.1) is 72.6 Å². The highest BCUT2D eigenvalue weighted by Gasteiger charge is 2.62. The van der Waals surface area contributed by atoms with Crippen LogP contribution in [0.1, 0.15) is 108 Å². The van der Waals surface area contributed by atoms with Gasteiger partial charge in [0.1, 0.15) is 12.2 Å². The van der Waals surface area contributed by atoms with Gasteiger partial charge in [-0.3, -0.25) is 4.79 Å². The summed E-state index contributed by atoms with van der Waals surface area (Å²) in [6, 6.07) is 0. The summed E-state index contributed by atoms with van der Waals surface area (Å²) in [6.45, 7) is 19.6. The maximum absolute atomic E-state index is 13.7. The molecule has 6 N–H and O–H groups in total. The fourth-order valence-corrected chi connectivity index (χ4v) is 9.67. The number of ether oxygens (including phenoxy) is 8. The number of aliphatic hydroxyl groups excluding tert-OH is 5. The summed E-state index contributed by atoms with van der Waals surface area (Å²) in [6.07, 6.45) is -9.48. The van der Waals surface area contributed by atoms with Crippen molar-refractivity contribution in [3.63, 3.8) is 0 Å². The number of esters is 1. The second kappa shape index (κ2) is 17.7. The van der Waals surface area contributed by atoms with Gasteiger partial charge in [0.25, 0.3) is 0 Å². The Hall–Kier alpha value is -1.05. The van der Waals surface area contributed by atoms with Crippen LogP contribution in [0.2, 0.25) is 0 Å². The minimum atomic E-state index is -1.43. The molecule has 1 spiro atoms. The molecule has 0 aromatic rings. The van der Waals surface area contributed by atoms with Gasteiger partial charge in [-0.25, -0.2) is 0 Å². The Labute approximate surface area is 326 Å². The molecule has 0 aliphatic carbocycles. The molecule has 0 saturated carbocycles. The summed E-state index contributed by atoms with van der Waals surface area (Å²) in [4.78, 5) is 13.7. The fourth-order valence-electron chi connectivity index (χ4n) is 9.67. The van der Waals surface area contributed by atoms with Crippen LogP contribution in [0.4, 0.5) is 0 Å². The van der Waals surface area contributed by atoms with E-state index < -0.39 is 127 Å². The van der Waals surface area contributed by atoms with Crippen LogP contribution in [-0.2, 0) is 42.7 Å². The van der Waals surface area contributed by atoms with E-state index in [1.165, 1.54) is 0 Å². The van der Waals surface area contributed by atoms with Gasteiger partial charge in [-0.2, -0.15) is 0 Å². The first-order valence-electron chi connectivity index (χ1n) is 20.6. The van der Waals surface area contributed by atoms with Gasteiger partial charge >= 0.3 is 5.97 Å². The minimum absolute atomic E-state index is 0.0430. The largest absolute Gasteiger partial charge is 0.435 e. The van der Waals surface area contributed by atoms with Gasteiger partial charge in [-0.1, -0.05) is 41.5 Å². The standard InChI is InChI=1S/C40H70O15/c1-12-26(41)17(2)34-18(3)32(43)21(6)40(54-34)22(7)33(44)19(4)35(55-40)20(5)38(46)53-30-15-27(42)36(24(9)49-30)52-29-14-13-28(23(8)48-29)51-31-16-39(11,47)37(45)25(10)50-31/h17-37,41-45,47H,12-16H2,1-11H3/t17-,18+,19+,20+,21-,22+,23-,24-,25-,26-,27+,28+,29+,30+,31+,32-,33-,34+,35+,36-,37-,39-,40-/m0/s1. The molecule has 0 bridgehead atoms. The van der Waals surface area contributed by atoms with E-state index in [1.807, 2.05) is 48.5 Å². The van der Waals surface area contributed by atoms with Gasteiger partial charge in [0, 0.05) is 48.9 Å². The molecule has 5 heterocycles. The molecule has 0 unspecified atom stereocenters. The highest BCUT2D eigenvalue weighted by atomic mass is 16.7. The molecule has 15 heteroatoms. The van der Waals surface area contributed by atoms with Crippen LogP contribution < -0.4 is 0 Å². The first-order valence-corrected chi connectivity index (χ1v) is 20.6. The van der Waals surface area contributed by atoms with Gasteiger partial charge < -0.3 is 68.5 Å². The molecule has 320 valence electrons. The Bertz CT molecular complexity index is 1250. The van der Waals surface area contributed by atoms with Gasteiger partial charge in [0.2, 0.25) is 6.29 Å². The van der Waals surface area contributed by atoms with Crippen molar-refractivity contribution in [3.8, 4) is 0 Å². The summed E-state index contributed by atoms with van der Waals surface area (Å²) in [5.74, 6) is -5.19. The zero-order valence-corrected chi connectivity index (χ0v) is 34.5. The topological polar surface area (TPSA) is 212 Å². The van der Waals surface area contributed by atoms with Gasteiger partial charge in [-0.15, -0.1) is 0 Å². The highest BCUT2D eigenvalue weighted by molar-refractivity contribution is 5.73. The van der Waals surface area contributed by atoms with E-state index in [2.05, 4.69) is 0 Å². The Morgan fingerprint density at radius 2 is 1.35 bits per heavy atom. The van der Waals surface area contributed by atoms with E-state index in [4.69, 9.17) is 37.9 Å². The lowest BCUT2D eigenvalue weighted by molar-refractivity contribution is -0.410. The SMILES string of the molecule is CC[C@H](O)[C@H](C)[C@H]1O[C@]2(O[C@@H]([C@@H](C)C(=O)O[C@@H]3C[C@@H](O)[C@@H](O[C@@H]4CC[C@@H](O[C@@H]5C[C@](C)(O)[C@@H](O)[C@H](C)O5)[C@H](C)O4)[C@H](C)O3)[C@H](C)[C@H](O)[C@H]2C)[C@@H](C)[C@@H](O)[C@H]1C. The lowest BCUT2D eigenvalue weighted by Crippen LogP contribution is -2.70. The molecule has 0 aromatic carbocycles. The average molecular weight is 791 g/mol. The maximum Gasteiger partial charge on any atom is 0.313 e. The van der Waals surface area contributed by atoms with E-state index in [0.29, 0.717) is 19.3 Å². The van der Waals surface area contributed by atoms with Crippen molar-refractivity contribution in [2.75, 3.05) is 0 Å². The van der Waals surface area contributed by atoms with E-state index >= 15 is 0 Å². The maximum atomic E-state index is 13.7. The summed E-state index contributed by atoms with van der Waals surface area (Å²) >= 11 is 0. The lowest BCUT2D eigenvalue weighted by Gasteiger charge is -2.60. The number of rotatable bonds is 10. The Morgan fingerprint density at radius 1 is 0.782 bits per heavy atom.